The molecule has 0 saturated carbocycles. The van der Waals surface area contributed by atoms with Crippen LogP contribution in [0.25, 0.3) is 0 Å². The third kappa shape index (κ3) is 3.70. The lowest BCUT2D eigenvalue weighted by atomic mass is 9.83. The Balaban J connectivity index is 2.20. The second-order valence-electron chi connectivity index (χ2n) is 5.91. The van der Waals surface area contributed by atoms with Gasteiger partial charge in [0.1, 0.15) is 18.2 Å². The summed E-state index contributed by atoms with van der Waals surface area (Å²) in [5.74, 6) is -0.332. The topological polar surface area (TPSA) is 46.5 Å². The molecule has 0 spiro atoms. The molecule has 21 heavy (non-hydrogen) atoms. The summed E-state index contributed by atoms with van der Waals surface area (Å²) in [7, 11) is 0. The first-order valence-corrected chi connectivity index (χ1v) is 7.23. The fourth-order valence-electron chi connectivity index (χ4n) is 2.79. The molecule has 0 radical (unpaired) electrons. The summed E-state index contributed by atoms with van der Waals surface area (Å²) in [5, 5.41) is 10.2. The number of aldehydes is 1. The van der Waals surface area contributed by atoms with Crippen LogP contribution in [-0.2, 0) is 0 Å². The Kier molecular flexibility index (Phi) is 4.78. The normalized spacial score (nSPS) is 16.0. The highest BCUT2D eigenvalue weighted by molar-refractivity contribution is 5.79. The standard InChI is InChI=1S/C17H21FO3/c1-17(2,20)14-7-4-3-6-12(14)11-21-16-9-5-8-15(18)13(16)10-19/h5,8-10,20H,3-4,6-7,11H2,1-2H3. The summed E-state index contributed by atoms with van der Waals surface area (Å²) in [6.45, 7) is 3.82. The van der Waals surface area contributed by atoms with Crippen molar-refractivity contribution in [3.63, 3.8) is 0 Å². The van der Waals surface area contributed by atoms with E-state index in [-0.39, 0.29) is 17.9 Å². The van der Waals surface area contributed by atoms with Crippen molar-refractivity contribution < 1.29 is 19.0 Å². The predicted octanol–water partition coefficient (Wildman–Crippen LogP) is 3.66. The van der Waals surface area contributed by atoms with Crippen LogP contribution in [0, 0.1) is 5.82 Å². The van der Waals surface area contributed by atoms with Crippen molar-refractivity contribution >= 4 is 6.29 Å². The van der Waals surface area contributed by atoms with E-state index in [0.29, 0.717) is 6.29 Å². The van der Waals surface area contributed by atoms with Gasteiger partial charge in [-0.25, -0.2) is 4.39 Å². The molecule has 0 saturated heterocycles. The zero-order valence-corrected chi connectivity index (χ0v) is 12.5. The summed E-state index contributed by atoms with van der Waals surface area (Å²) in [6, 6.07) is 4.34. The van der Waals surface area contributed by atoms with Crippen molar-refractivity contribution in [2.75, 3.05) is 6.61 Å². The van der Waals surface area contributed by atoms with Gasteiger partial charge in [-0.05, 0) is 62.8 Å². The van der Waals surface area contributed by atoms with E-state index in [2.05, 4.69) is 0 Å². The van der Waals surface area contributed by atoms with Crippen LogP contribution in [0.3, 0.4) is 0 Å². The van der Waals surface area contributed by atoms with Crippen molar-refractivity contribution in [3.8, 4) is 5.75 Å². The molecule has 0 aliphatic heterocycles. The average Bonchev–Trinajstić information content (AvgIpc) is 2.44. The third-order valence-electron chi connectivity index (χ3n) is 3.85. The molecule has 1 aromatic carbocycles. The van der Waals surface area contributed by atoms with Crippen molar-refractivity contribution in [2.45, 2.75) is 45.1 Å². The first-order chi connectivity index (χ1) is 9.93. The van der Waals surface area contributed by atoms with Gasteiger partial charge in [-0.15, -0.1) is 0 Å². The van der Waals surface area contributed by atoms with E-state index in [1.807, 2.05) is 0 Å². The van der Waals surface area contributed by atoms with Crippen LogP contribution < -0.4 is 4.74 Å². The molecule has 3 nitrogen and oxygen atoms in total. The molecule has 4 heteroatoms. The molecule has 114 valence electrons. The Bertz CT molecular complexity index is 556. The van der Waals surface area contributed by atoms with Crippen LogP contribution in [0.2, 0.25) is 0 Å². The van der Waals surface area contributed by atoms with E-state index in [1.165, 1.54) is 12.1 Å². The number of benzene rings is 1. The number of rotatable bonds is 5. The summed E-state index contributed by atoms with van der Waals surface area (Å²) in [5.41, 5.74) is 1.13. The maximum Gasteiger partial charge on any atom is 0.156 e. The largest absolute Gasteiger partial charge is 0.488 e. The van der Waals surface area contributed by atoms with E-state index < -0.39 is 11.4 Å². The zero-order chi connectivity index (χ0) is 15.5. The zero-order valence-electron chi connectivity index (χ0n) is 12.5. The van der Waals surface area contributed by atoms with Gasteiger partial charge in [0.2, 0.25) is 0 Å². The molecular formula is C17H21FO3. The summed E-state index contributed by atoms with van der Waals surface area (Å²) < 4.78 is 19.2. The number of ether oxygens (including phenoxy) is 1. The Morgan fingerprint density at radius 1 is 1.33 bits per heavy atom. The summed E-state index contributed by atoms with van der Waals surface area (Å²) in [6.07, 6.45) is 4.30. The molecule has 1 aliphatic carbocycles. The van der Waals surface area contributed by atoms with Crippen LogP contribution in [0.4, 0.5) is 4.39 Å². The smallest absolute Gasteiger partial charge is 0.156 e. The minimum Gasteiger partial charge on any atom is -0.488 e. The lowest BCUT2D eigenvalue weighted by Gasteiger charge is -2.29. The van der Waals surface area contributed by atoms with Gasteiger partial charge in [-0.1, -0.05) is 6.07 Å². The molecule has 0 bridgehead atoms. The molecule has 2 rings (SSSR count). The fourth-order valence-corrected chi connectivity index (χ4v) is 2.79. The van der Waals surface area contributed by atoms with Crippen LogP contribution in [0.1, 0.15) is 49.9 Å². The predicted molar refractivity (Wildman–Crippen MR) is 79.1 cm³/mol. The van der Waals surface area contributed by atoms with E-state index in [4.69, 9.17) is 4.74 Å². The first-order valence-electron chi connectivity index (χ1n) is 7.23. The molecule has 1 N–H and O–H groups in total. The number of halogens is 1. The fraction of sp³-hybridized carbons (Fsp3) is 0.471. The molecule has 1 aromatic rings. The van der Waals surface area contributed by atoms with E-state index >= 15 is 0 Å². The van der Waals surface area contributed by atoms with Gasteiger partial charge in [0.05, 0.1) is 11.2 Å². The molecule has 1 aliphatic rings. The van der Waals surface area contributed by atoms with Gasteiger partial charge in [-0.3, -0.25) is 4.79 Å². The van der Waals surface area contributed by atoms with Gasteiger partial charge in [0.25, 0.3) is 0 Å². The van der Waals surface area contributed by atoms with Crippen LogP contribution in [-0.4, -0.2) is 23.6 Å². The quantitative estimate of drug-likeness (QED) is 0.665. The summed E-state index contributed by atoms with van der Waals surface area (Å²) in [4.78, 5) is 11.0. The highest BCUT2D eigenvalue weighted by Gasteiger charge is 2.25. The number of hydrogen-bond acceptors (Lipinski definition) is 3. The maximum atomic E-state index is 13.5. The highest BCUT2D eigenvalue weighted by atomic mass is 19.1. The number of carbonyl (C=O) groups is 1. The van der Waals surface area contributed by atoms with Crippen LogP contribution >= 0.6 is 0 Å². The van der Waals surface area contributed by atoms with Gasteiger partial charge >= 0.3 is 0 Å². The maximum absolute atomic E-state index is 13.5. The van der Waals surface area contributed by atoms with Gasteiger partial charge in [0, 0.05) is 0 Å². The lowest BCUT2D eigenvalue weighted by Crippen LogP contribution is -2.27. The average molecular weight is 292 g/mol. The summed E-state index contributed by atoms with van der Waals surface area (Å²) >= 11 is 0. The van der Waals surface area contributed by atoms with Crippen molar-refractivity contribution in [3.05, 3.63) is 40.7 Å². The molecule has 0 aromatic heterocycles. The molecular weight excluding hydrogens is 271 g/mol. The molecule has 0 amide bonds. The van der Waals surface area contributed by atoms with Gasteiger partial charge in [0.15, 0.2) is 6.29 Å². The first kappa shape index (κ1) is 15.7. The van der Waals surface area contributed by atoms with Gasteiger partial charge < -0.3 is 9.84 Å². The Labute approximate surface area is 124 Å². The monoisotopic (exact) mass is 292 g/mol. The minimum absolute atomic E-state index is 0.0567. The van der Waals surface area contributed by atoms with Crippen molar-refractivity contribution in [1.29, 1.82) is 0 Å². The van der Waals surface area contributed by atoms with E-state index in [9.17, 15) is 14.3 Å². The number of hydrogen-bond donors (Lipinski definition) is 1. The molecule has 0 atom stereocenters. The number of aliphatic hydroxyl groups is 1. The van der Waals surface area contributed by atoms with Crippen LogP contribution in [0.5, 0.6) is 5.75 Å². The Morgan fingerprint density at radius 3 is 2.71 bits per heavy atom. The molecule has 0 heterocycles. The molecule has 0 unspecified atom stereocenters. The molecule has 0 fully saturated rings. The Hall–Kier alpha value is -1.68. The third-order valence-corrected chi connectivity index (χ3v) is 3.85. The van der Waals surface area contributed by atoms with Crippen LogP contribution in [0.15, 0.2) is 29.3 Å². The second kappa shape index (κ2) is 6.39. The second-order valence-corrected chi connectivity index (χ2v) is 5.91. The Morgan fingerprint density at radius 2 is 2.05 bits per heavy atom. The highest BCUT2D eigenvalue weighted by Crippen LogP contribution is 2.33. The van der Waals surface area contributed by atoms with E-state index in [1.54, 1.807) is 19.9 Å². The van der Waals surface area contributed by atoms with Gasteiger partial charge in [-0.2, -0.15) is 0 Å². The van der Waals surface area contributed by atoms with E-state index in [0.717, 1.165) is 36.8 Å². The SMILES string of the molecule is CC(C)(O)C1=C(COc2cccc(F)c2C=O)CCCC1. The van der Waals surface area contributed by atoms with Crippen molar-refractivity contribution in [1.82, 2.24) is 0 Å². The van der Waals surface area contributed by atoms with Crippen molar-refractivity contribution in [2.24, 2.45) is 0 Å². The number of carbonyl (C=O) groups excluding carboxylic acids is 1. The lowest BCUT2D eigenvalue weighted by molar-refractivity contribution is 0.109. The minimum atomic E-state index is -0.867.